The summed E-state index contributed by atoms with van der Waals surface area (Å²) in [6.45, 7) is 3.28. The fourth-order valence-electron chi connectivity index (χ4n) is 4.42. The number of phenolic OH excluding ortho intramolecular Hbond substituents is 2. The molecule has 0 radical (unpaired) electrons. The zero-order valence-corrected chi connectivity index (χ0v) is 22.9. The van der Waals surface area contributed by atoms with Gasteiger partial charge in [-0.25, -0.2) is 9.78 Å². The zero-order chi connectivity index (χ0) is 30.8. The number of phenols is 2. The monoisotopic (exact) mass is 573 g/mol. The number of carboxylic acid groups (broad SMARTS) is 1. The number of aromatic hydroxyl groups is 2. The molecule has 0 bridgehead atoms. The van der Waals surface area contributed by atoms with E-state index in [1.165, 1.54) is 6.07 Å². The van der Waals surface area contributed by atoms with Crippen molar-refractivity contribution < 1.29 is 29.7 Å². The van der Waals surface area contributed by atoms with Crippen LogP contribution in [-0.2, 0) is 21.5 Å². The van der Waals surface area contributed by atoms with Crippen LogP contribution in [0.4, 0.5) is 4.79 Å². The second-order valence-corrected chi connectivity index (χ2v) is 10.2. The smallest absolute Gasteiger partial charge is 0.312 e. The van der Waals surface area contributed by atoms with Crippen molar-refractivity contribution in [3.05, 3.63) is 65.2 Å². The van der Waals surface area contributed by atoms with Crippen LogP contribution in [0.1, 0.15) is 37.0 Å². The van der Waals surface area contributed by atoms with Crippen LogP contribution in [0.15, 0.2) is 48.5 Å². The van der Waals surface area contributed by atoms with Gasteiger partial charge in [0, 0.05) is 29.8 Å². The summed E-state index contributed by atoms with van der Waals surface area (Å²) in [6.07, 6.45) is -0.255. The third-order valence-electron chi connectivity index (χ3n) is 6.89. The number of aromatic amines is 1. The molecular weight excluding hydrogens is 542 g/mol. The molecule has 4 aromatic rings. The lowest BCUT2D eigenvalue weighted by Gasteiger charge is -2.26. The number of carbonyl (C=O) groups is 3. The molecule has 13 heteroatoms. The molecule has 1 aromatic heterocycles. The number of amidine groups is 1. The van der Waals surface area contributed by atoms with E-state index in [1.54, 1.807) is 56.3 Å². The summed E-state index contributed by atoms with van der Waals surface area (Å²) >= 11 is 0. The number of nitrogen functional groups attached to an aromatic ring is 1. The molecule has 0 saturated carbocycles. The molecule has 4 rings (SSSR count). The number of nitrogens with zero attached hydrogens (tertiary/aromatic N) is 1. The molecule has 0 atom stereocenters. The van der Waals surface area contributed by atoms with Crippen molar-refractivity contribution in [1.29, 1.82) is 5.41 Å². The van der Waals surface area contributed by atoms with Gasteiger partial charge in [0.05, 0.1) is 28.4 Å². The topological polar surface area (TPSA) is 241 Å². The highest BCUT2D eigenvalue weighted by atomic mass is 16.4. The summed E-state index contributed by atoms with van der Waals surface area (Å²) in [6, 6.07) is 12.0. The normalized spacial score (nSPS) is 11.3. The number of rotatable bonds is 10. The maximum Gasteiger partial charge on any atom is 0.312 e. The van der Waals surface area contributed by atoms with Crippen molar-refractivity contribution in [1.82, 2.24) is 20.6 Å². The van der Waals surface area contributed by atoms with Gasteiger partial charge in [0.25, 0.3) is 0 Å². The SMILES string of the molecule is CC(C)(C(=O)NCCC(=O)O)c1cc(-c2nc3cc(C(=N)N)ccc3[nH]2)c(O)c(-c2cc(CNC(N)=O)ccc2O)c1. The number of fused-ring (bicyclic) bond motifs is 1. The zero-order valence-electron chi connectivity index (χ0n) is 22.9. The van der Waals surface area contributed by atoms with E-state index >= 15 is 0 Å². The Bertz CT molecular complexity index is 1730. The largest absolute Gasteiger partial charge is 0.507 e. The molecule has 0 fully saturated rings. The third-order valence-corrected chi connectivity index (χ3v) is 6.89. The molecule has 0 aliphatic heterocycles. The Hall–Kier alpha value is -5.59. The highest BCUT2D eigenvalue weighted by Crippen LogP contribution is 2.44. The molecule has 0 unspecified atom stereocenters. The number of nitrogens with two attached hydrogens (primary N) is 2. The van der Waals surface area contributed by atoms with Gasteiger partial charge < -0.3 is 42.4 Å². The fraction of sp³-hybridized carbons (Fsp3) is 0.207. The summed E-state index contributed by atoms with van der Waals surface area (Å²) in [5, 5.41) is 44.1. The highest BCUT2D eigenvalue weighted by molar-refractivity contribution is 5.98. The van der Waals surface area contributed by atoms with Crippen molar-refractivity contribution in [2.24, 2.45) is 11.5 Å². The Kier molecular flexibility index (Phi) is 8.04. The maximum absolute atomic E-state index is 13.2. The van der Waals surface area contributed by atoms with E-state index in [0.717, 1.165) is 0 Å². The lowest BCUT2D eigenvalue weighted by Crippen LogP contribution is -2.41. The molecule has 0 aliphatic rings. The fourth-order valence-corrected chi connectivity index (χ4v) is 4.42. The summed E-state index contributed by atoms with van der Waals surface area (Å²) in [4.78, 5) is 43.1. The van der Waals surface area contributed by atoms with Gasteiger partial charge in [-0.1, -0.05) is 6.07 Å². The number of H-pyrrole nitrogens is 1. The molecule has 13 nitrogen and oxygen atoms in total. The number of hydrogen-bond acceptors (Lipinski definition) is 7. The average molecular weight is 574 g/mol. The summed E-state index contributed by atoms with van der Waals surface area (Å²) in [5.74, 6) is -1.81. The van der Waals surface area contributed by atoms with E-state index in [9.17, 15) is 24.6 Å². The van der Waals surface area contributed by atoms with Gasteiger partial charge in [0.1, 0.15) is 23.2 Å². The Labute approximate surface area is 240 Å². The number of imidazole rings is 1. The lowest BCUT2D eigenvalue weighted by molar-refractivity contribution is -0.137. The second-order valence-electron chi connectivity index (χ2n) is 10.2. The molecular formula is C29H31N7O6. The first-order chi connectivity index (χ1) is 19.8. The van der Waals surface area contributed by atoms with Crippen LogP contribution in [0.25, 0.3) is 33.5 Å². The van der Waals surface area contributed by atoms with Crippen LogP contribution in [0, 0.1) is 5.41 Å². The Morgan fingerprint density at radius 3 is 2.36 bits per heavy atom. The van der Waals surface area contributed by atoms with Gasteiger partial charge in [-0.2, -0.15) is 0 Å². The minimum atomic E-state index is -1.22. The van der Waals surface area contributed by atoms with Crippen molar-refractivity contribution in [2.45, 2.75) is 32.2 Å². The summed E-state index contributed by atoms with van der Waals surface area (Å²) < 4.78 is 0. The molecule has 0 aliphatic carbocycles. The van der Waals surface area contributed by atoms with Gasteiger partial charge >= 0.3 is 12.0 Å². The van der Waals surface area contributed by atoms with E-state index < -0.39 is 23.3 Å². The number of carbonyl (C=O) groups excluding carboxylic acids is 2. The first-order valence-electron chi connectivity index (χ1n) is 12.9. The van der Waals surface area contributed by atoms with Crippen LogP contribution in [0.2, 0.25) is 0 Å². The summed E-state index contributed by atoms with van der Waals surface area (Å²) in [7, 11) is 0. The van der Waals surface area contributed by atoms with Crippen LogP contribution in [-0.4, -0.2) is 55.6 Å². The first-order valence-corrected chi connectivity index (χ1v) is 12.9. The number of aromatic nitrogens is 2. The number of amides is 3. The third kappa shape index (κ3) is 6.09. The molecule has 0 spiro atoms. The Morgan fingerprint density at radius 2 is 1.69 bits per heavy atom. The lowest BCUT2D eigenvalue weighted by atomic mass is 9.80. The van der Waals surface area contributed by atoms with Gasteiger partial charge in [-0.15, -0.1) is 0 Å². The van der Waals surface area contributed by atoms with Crippen LogP contribution < -0.4 is 22.1 Å². The van der Waals surface area contributed by atoms with E-state index in [2.05, 4.69) is 20.6 Å². The number of urea groups is 1. The van der Waals surface area contributed by atoms with Gasteiger partial charge in [-0.3, -0.25) is 15.0 Å². The van der Waals surface area contributed by atoms with Crippen molar-refractivity contribution >= 4 is 34.8 Å². The molecule has 11 N–H and O–H groups in total. The van der Waals surface area contributed by atoms with Gasteiger partial charge in [0.2, 0.25) is 5.91 Å². The average Bonchev–Trinajstić information content (AvgIpc) is 3.35. The standard InChI is InChI=1S/C29H31N7O6/c1-29(2,27(41)33-8-7-23(38)39)16-11-18(17-9-14(3-6-22(17)37)13-34-28(32)42)24(40)19(12-16)26-35-20-5-4-15(25(30)31)10-21(20)36-26/h3-6,9-12,37,40H,7-8,13H2,1-2H3,(H3,30,31)(H,33,41)(H,35,36)(H,38,39)(H3,32,34,42). The number of hydrogen-bond donors (Lipinski definition) is 9. The van der Waals surface area contributed by atoms with E-state index in [0.29, 0.717) is 27.7 Å². The Morgan fingerprint density at radius 1 is 0.976 bits per heavy atom. The van der Waals surface area contributed by atoms with Crippen molar-refractivity contribution in [3.63, 3.8) is 0 Å². The molecule has 42 heavy (non-hydrogen) atoms. The molecule has 218 valence electrons. The van der Waals surface area contributed by atoms with E-state index in [4.69, 9.17) is 22.0 Å². The number of primary amides is 1. The number of benzene rings is 3. The van der Waals surface area contributed by atoms with Gasteiger partial charge in [0.15, 0.2) is 0 Å². The predicted molar refractivity (Wildman–Crippen MR) is 156 cm³/mol. The maximum atomic E-state index is 13.2. The van der Waals surface area contributed by atoms with Crippen LogP contribution in [0.3, 0.4) is 0 Å². The highest BCUT2D eigenvalue weighted by Gasteiger charge is 2.32. The van der Waals surface area contributed by atoms with Crippen LogP contribution >= 0.6 is 0 Å². The minimum absolute atomic E-state index is 0.0649. The van der Waals surface area contributed by atoms with E-state index in [1.807, 2.05) is 0 Å². The first kappa shape index (κ1) is 29.4. The molecule has 1 heterocycles. The molecule has 3 aromatic carbocycles. The second kappa shape index (κ2) is 11.5. The minimum Gasteiger partial charge on any atom is -0.507 e. The van der Waals surface area contributed by atoms with E-state index in [-0.39, 0.29) is 59.4 Å². The van der Waals surface area contributed by atoms with Gasteiger partial charge in [-0.05, 0) is 67.4 Å². The predicted octanol–water partition coefficient (Wildman–Crippen LogP) is 2.63. The number of aliphatic carboxylic acids is 1. The molecule has 0 saturated heterocycles. The number of nitrogens with one attached hydrogen (secondary N) is 4. The number of carboxylic acids is 1. The molecule has 3 amide bonds. The summed E-state index contributed by atoms with van der Waals surface area (Å²) in [5.41, 5.74) is 12.8. The quantitative estimate of drug-likeness (QED) is 0.101. The van der Waals surface area contributed by atoms with Crippen molar-refractivity contribution in [3.8, 4) is 34.0 Å². The van der Waals surface area contributed by atoms with Crippen molar-refractivity contribution in [2.75, 3.05) is 6.54 Å². The Balaban J connectivity index is 1.90. The van der Waals surface area contributed by atoms with Crippen LogP contribution in [0.5, 0.6) is 11.5 Å².